The van der Waals surface area contributed by atoms with E-state index < -0.39 is 12.0 Å². The molecule has 3 heterocycles. The van der Waals surface area contributed by atoms with E-state index in [1.165, 1.54) is 22.6 Å². The third kappa shape index (κ3) is 3.54. The molecule has 174 valence electrons. The summed E-state index contributed by atoms with van der Waals surface area (Å²) >= 11 is 1.57. The van der Waals surface area contributed by atoms with Crippen LogP contribution in [-0.2, 0) is 9.59 Å². The fourth-order valence-corrected chi connectivity index (χ4v) is 5.96. The van der Waals surface area contributed by atoms with E-state index in [1.54, 1.807) is 36.0 Å². The molecule has 5 nitrogen and oxygen atoms in total. The first-order chi connectivity index (χ1) is 17.0. The second-order valence-corrected chi connectivity index (χ2v) is 9.87. The van der Waals surface area contributed by atoms with E-state index in [0.29, 0.717) is 11.4 Å². The van der Waals surface area contributed by atoms with E-state index in [1.807, 2.05) is 53.4 Å². The third-order valence-electron chi connectivity index (χ3n) is 6.59. The lowest BCUT2D eigenvalue weighted by Gasteiger charge is -2.39. The van der Waals surface area contributed by atoms with Gasteiger partial charge in [-0.2, -0.15) is 0 Å². The molecule has 0 unspecified atom stereocenters. The van der Waals surface area contributed by atoms with Crippen LogP contribution >= 0.6 is 11.8 Å². The molecule has 3 aliphatic heterocycles. The van der Waals surface area contributed by atoms with Crippen molar-refractivity contribution >= 4 is 35.0 Å². The first-order valence-corrected chi connectivity index (χ1v) is 12.2. The predicted molar refractivity (Wildman–Crippen MR) is 135 cm³/mol. The summed E-state index contributed by atoms with van der Waals surface area (Å²) in [5, 5.41) is 4.78. The van der Waals surface area contributed by atoms with Crippen LogP contribution in [0.25, 0.3) is 0 Å². The molecule has 2 amide bonds. The Labute approximate surface area is 207 Å². The van der Waals surface area contributed by atoms with Gasteiger partial charge in [0.05, 0.1) is 28.4 Å². The Kier molecular flexibility index (Phi) is 5.22. The molecule has 7 heteroatoms. The highest BCUT2D eigenvalue weighted by Crippen LogP contribution is 2.48. The Bertz CT molecular complexity index is 1360. The van der Waals surface area contributed by atoms with Crippen molar-refractivity contribution in [1.82, 2.24) is 5.01 Å². The van der Waals surface area contributed by atoms with Gasteiger partial charge in [0.25, 0.3) is 5.91 Å². The zero-order chi connectivity index (χ0) is 24.1. The highest BCUT2D eigenvalue weighted by molar-refractivity contribution is 8.03. The van der Waals surface area contributed by atoms with E-state index in [4.69, 9.17) is 0 Å². The van der Waals surface area contributed by atoms with Gasteiger partial charge in [-0.05, 0) is 61.5 Å². The predicted octanol–water partition coefficient (Wildman–Crippen LogP) is 5.30. The summed E-state index contributed by atoms with van der Waals surface area (Å²) < 4.78 is 13.8. The van der Waals surface area contributed by atoms with Gasteiger partial charge in [-0.25, -0.2) is 9.29 Å². The lowest BCUT2D eigenvalue weighted by atomic mass is 9.94. The molecule has 0 spiro atoms. The molecule has 6 rings (SSSR count). The quantitative estimate of drug-likeness (QED) is 0.471. The normalized spacial score (nSPS) is 23.0. The van der Waals surface area contributed by atoms with E-state index in [0.717, 1.165) is 9.92 Å². The van der Waals surface area contributed by atoms with Crippen molar-refractivity contribution in [1.29, 1.82) is 0 Å². The Morgan fingerprint density at radius 1 is 0.800 bits per heavy atom. The van der Waals surface area contributed by atoms with Gasteiger partial charge >= 0.3 is 0 Å². The zero-order valence-electron chi connectivity index (χ0n) is 18.9. The number of para-hydroxylation sites is 1. The molecule has 0 aliphatic carbocycles. The van der Waals surface area contributed by atoms with E-state index in [-0.39, 0.29) is 23.7 Å². The number of thioether (sulfide) groups is 1. The number of anilines is 2. The van der Waals surface area contributed by atoms with Crippen LogP contribution in [0.15, 0.2) is 107 Å². The van der Waals surface area contributed by atoms with Gasteiger partial charge in [0.15, 0.2) is 0 Å². The molecule has 3 atom stereocenters. The van der Waals surface area contributed by atoms with Crippen LogP contribution < -0.4 is 9.91 Å². The maximum absolute atomic E-state index is 13.8. The number of hydrogen-bond donors (Lipinski definition) is 0. The number of aryl methyl sites for hydroxylation is 1. The zero-order valence-corrected chi connectivity index (χ0v) is 19.7. The first-order valence-electron chi connectivity index (χ1n) is 11.4. The number of hydrogen-bond acceptors (Lipinski definition) is 5. The number of hydrazine groups is 1. The van der Waals surface area contributed by atoms with Crippen molar-refractivity contribution in [3.63, 3.8) is 0 Å². The molecule has 0 aromatic heterocycles. The van der Waals surface area contributed by atoms with Crippen molar-refractivity contribution in [2.75, 3.05) is 9.91 Å². The van der Waals surface area contributed by atoms with Crippen molar-refractivity contribution < 1.29 is 14.0 Å². The van der Waals surface area contributed by atoms with Crippen LogP contribution in [0.2, 0.25) is 0 Å². The summed E-state index contributed by atoms with van der Waals surface area (Å²) in [6, 6.07) is 22.2. The van der Waals surface area contributed by atoms with Gasteiger partial charge in [-0.1, -0.05) is 59.8 Å². The summed E-state index contributed by atoms with van der Waals surface area (Å²) in [6.07, 6.45) is 5.91. The molecule has 0 radical (unpaired) electrons. The summed E-state index contributed by atoms with van der Waals surface area (Å²) in [4.78, 5) is 29.9. The maximum Gasteiger partial charge on any atom is 0.259 e. The van der Waals surface area contributed by atoms with Gasteiger partial charge in [-0.3, -0.25) is 19.6 Å². The Morgan fingerprint density at radius 2 is 1.51 bits per heavy atom. The number of rotatable bonds is 4. The minimum absolute atomic E-state index is 0.225. The maximum atomic E-state index is 13.8. The van der Waals surface area contributed by atoms with Crippen LogP contribution in [0, 0.1) is 18.7 Å². The molecule has 0 bridgehead atoms. The molecule has 3 aliphatic rings. The van der Waals surface area contributed by atoms with E-state index in [9.17, 15) is 14.0 Å². The van der Waals surface area contributed by atoms with Crippen molar-refractivity contribution in [2.45, 2.75) is 23.9 Å². The van der Waals surface area contributed by atoms with Crippen LogP contribution in [-0.4, -0.2) is 28.9 Å². The Morgan fingerprint density at radius 3 is 2.23 bits per heavy atom. The second-order valence-electron chi connectivity index (χ2n) is 8.78. The molecule has 0 N–H and O–H groups in total. The molecular formula is C28H22FN3O2S. The average Bonchev–Trinajstić information content (AvgIpc) is 3.35. The SMILES string of the molecule is Cc1ccc(SC2=CC=C[C@H]3[C@H]4C(=O)N(c5ccccc5)C(=O)[C@H]4N(c4ccc(F)cc4)N23)cc1. The Balaban J connectivity index is 1.44. The standard InChI is InChI=1S/C28H22FN3O2S/c1-18-10-16-22(17-11-18)35-24-9-5-8-23-25-26(31(32(23)24)21-14-12-19(29)13-15-21)28(34)30(27(25)33)20-6-3-2-4-7-20/h2-17,23,25-26H,1H3/t23-,25+,26-/m0/s1. The molecule has 35 heavy (non-hydrogen) atoms. The molecule has 2 fully saturated rings. The number of carbonyl (C=O) groups is 2. The van der Waals surface area contributed by atoms with Gasteiger partial charge in [-0.15, -0.1) is 0 Å². The minimum Gasteiger partial charge on any atom is -0.273 e. The number of imide groups is 1. The largest absolute Gasteiger partial charge is 0.273 e. The van der Waals surface area contributed by atoms with Crippen LogP contribution in [0.3, 0.4) is 0 Å². The molecule has 3 aromatic carbocycles. The smallest absolute Gasteiger partial charge is 0.259 e. The van der Waals surface area contributed by atoms with Gasteiger partial charge < -0.3 is 0 Å². The lowest BCUT2D eigenvalue weighted by Crippen LogP contribution is -2.49. The summed E-state index contributed by atoms with van der Waals surface area (Å²) in [7, 11) is 0. The number of carbonyl (C=O) groups excluding carboxylic acids is 2. The van der Waals surface area contributed by atoms with Gasteiger partial charge in [0.2, 0.25) is 5.91 Å². The van der Waals surface area contributed by atoms with Crippen molar-refractivity contribution in [2.24, 2.45) is 5.92 Å². The van der Waals surface area contributed by atoms with E-state index >= 15 is 0 Å². The molecular weight excluding hydrogens is 461 g/mol. The van der Waals surface area contributed by atoms with Gasteiger partial charge in [0.1, 0.15) is 11.9 Å². The van der Waals surface area contributed by atoms with Crippen LogP contribution in [0.4, 0.5) is 15.8 Å². The number of nitrogens with zero attached hydrogens (tertiary/aromatic N) is 3. The summed E-state index contributed by atoms with van der Waals surface area (Å²) in [5.74, 6) is -1.45. The molecule has 3 aromatic rings. The summed E-state index contributed by atoms with van der Waals surface area (Å²) in [5.41, 5.74) is 2.39. The minimum atomic E-state index is -0.733. The first kappa shape index (κ1) is 21.7. The highest BCUT2D eigenvalue weighted by Gasteiger charge is 2.62. The fraction of sp³-hybridized carbons (Fsp3) is 0.143. The molecule has 0 saturated carbocycles. The lowest BCUT2D eigenvalue weighted by molar-refractivity contribution is -0.123. The Hall–Kier alpha value is -3.84. The van der Waals surface area contributed by atoms with Crippen molar-refractivity contribution in [3.05, 3.63) is 114 Å². The summed E-state index contributed by atoms with van der Waals surface area (Å²) in [6.45, 7) is 2.04. The molecule has 2 saturated heterocycles. The monoisotopic (exact) mass is 483 g/mol. The number of allylic oxidation sites excluding steroid dienone is 2. The number of amides is 2. The topological polar surface area (TPSA) is 43.9 Å². The van der Waals surface area contributed by atoms with Crippen LogP contribution in [0.1, 0.15) is 5.56 Å². The third-order valence-corrected chi connectivity index (χ3v) is 7.63. The number of halogens is 1. The highest BCUT2D eigenvalue weighted by atomic mass is 32.2. The van der Waals surface area contributed by atoms with Gasteiger partial charge in [0, 0.05) is 4.90 Å². The van der Waals surface area contributed by atoms with Crippen molar-refractivity contribution in [3.8, 4) is 0 Å². The van der Waals surface area contributed by atoms with E-state index in [2.05, 4.69) is 24.3 Å². The number of benzene rings is 3. The number of fused-ring (bicyclic) bond motifs is 3. The second kappa shape index (κ2) is 8.43. The fourth-order valence-electron chi connectivity index (χ4n) is 5.00. The average molecular weight is 484 g/mol. The van der Waals surface area contributed by atoms with Crippen LogP contribution in [0.5, 0.6) is 0 Å².